The van der Waals surface area contributed by atoms with Crippen molar-refractivity contribution in [2.24, 2.45) is 0 Å². The lowest BCUT2D eigenvalue weighted by molar-refractivity contribution is 0.0695. The first-order chi connectivity index (χ1) is 5.92. The maximum atomic E-state index is 12.4. The van der Waals surface area contributed by atoms with Gasteiger partial charge in [0.2, 0.25) is 0 Å². The van der Waals surface area contributed by atoms with Gasteiger partial charge >= 0.3 is 6.43 Å². The Morgan fingerprint density at radius 2 is 1.77 bits per heavy atom. The van der Waals surface area contributed by atoms with Gasteiger partial charge < -0.3 is 4.85 Å². The lowest BCUT2D eigenvalue weighted by Gasteiger charge is -2.24. The Balaban J connectivity index is 2.82. The molecule has 1 aliphatic rings. The molecular weight excluding hydrogens is 200 g/mol. The number of alkyl halides is 2. The topological polar surface area (TPSA) is 38.5 Å². The normalized spacial score (nSPS) is 25.4. The van der Waals surface area contributed by atoms with E-state index < -0.39 is 21.8 Å². The summed E-state index contributed by atoms with van der Waals surface area (Å²) >= 11 is 0. The highest BCUT2D eigenvalue weighted by Gasteiger charge is 2.50. The number of sulfone groups is 1. The Kier molecular flexibility index (Phi) is 2.57. The minimum atomic E-state index is -3.17. The molecule has 0 unspecified atom stereocenters. The number of halogens is 2. The van der Waals surface area contributed by atoms with E-state index in [4.69, 9.17) is 6.57 Å². The van der Waals surface area contributed by atoms with Crippen LogP contribution in [0.25, 0.3) is 4.85 Å². The first kappa shape index (κ1) is 10.4. The van der Waals surface area contributed by atoms with Crippen LogP contribution in [0.4, 0.5) is 8.78 Å². The zero-order valence-electron chi connectivity index (χ0n) is 6.83. The molecule has 0 atom stereocenters. The summed E-state index contributed by atoms with van der Waals surface area (Å²) < 4.78 is 46.7. The molecule has 1 saturated heterocycles. The van der Waals surface area contributed by atoms with Gasteiger partial charge in [0.05, 0.1) is 11.5 Å². The molecule has 0 spiro atoms. The molecule has 0 aromatic heterocycles. The first-order valence-corrected chi connectivity index (χ1v) is 5.61. The fourth-order valence-electron chi connectivity index (χ4n) is 1.27. The van der Waals surface area contributed by atoms with Crippen molar-refractivity contribution in [3.8, 4) is 0 Å². The second kappa shape index (κ2) is 3.22. The predicted molar refractivity (Wildman–Crippen MR) is 43.2 cm³/mol. The Hall–Kier alpha value is -0.700. The third kappa shape index (κ3) is 1.97. The molecule has 0 aromatic rings. The first-order valence-electron chi connectivity index (χ1n) is 3.79. The number of hydrogen-bond donors (Lipinski definition) is 0. The van der Waals surface area contributed by atoms with Crippen LogP contribution < -0.4 is 0 Å². The highest BCUT2D eigenvalue weighted by molar-refractivity contribution is 7.91. The molecule has 0 radical (unpaired) electrons. The number of hydrogen-bond acceptors (Lipinski definition) is 2. The van der Waals surface area contributed by atoms with Crippen LogP contribution >= 0.6 is 0 Å². The summed E-state index contributed by atoms with van der Waals surface area (Å²) in [6.07, 6.45) is -3.23. The van der Waals surface area contributed by atoms with Crippen LogP contribution in [0.2, 0.25) is 0 Å². The lowest BCUT2D eigenvalue weighted by atomic mass is 9.94. The molecule has 0 aromatic carbocycles. The third-order valence-electron chi connectivity index (χ3n) is 2.32. The quantitative estimate of drug-likeness (QED) is 0.607. The van der Waals surface area contributed by atoms with Crippen molar-refractivity contribution < 1.29 is 17.2 Å². The molecule has 1 aliphatic heterocycles. The fraction of sp³-hybridized carbons (Fsp3) is 0.857. The van der Waals surface area contributed by atoms with E-state index in [1.54, 1.807) is 0 Å². The van der Waals surface area contributed by atoms with Crippen molar-refractivity contribution in [2.45, 2.75) is 24.8 Å². The highest BCUT2D eigenvalue weighted by atomic mass is 32.2. The molecule has 1 heterocycles. The molecule has 0 amide bonds. The van der Waals surface area contributed by atoms with Crippen LogP contribution in [0.3, 0.4) is 0 Å². The van der Waals surface area contributed by atoms with Crippen molar-refractivity contribution >= 4 is 9.84 Å². The average Bonchev–Trinajstić information content (AvgIpc) is 2.05. The van der Waals surface area contributed by atoms with Gasteiger partial charge in [0.1, 0.15) is 0 Å². The zero-order valence-corrected chi connectivity index (χ0v) is 7.65. The minimum Gasteiger partial charge on any atom is -0.304 e. The fourth-order valence-corrected chi connectivity index (χ4v) is 2.80. The van der Waals surface area contributed by atoms with Crippen molar-refractivity contribution in [3.63, 3.8) is 0 Å². The van der Waals surface area contributed by atoms with E-state index in [2.05, 4.69) is 4.85 Å². The Morgan fingerprint density at radius 1 is 1.31 bits per heavy atom. The second-order valence-electron chi connectivity index (χ2n) is 3.17. The molecule has 1 rings (SSSR count). The second-order valence-corrected chi connectivity index (χ2v) is 5.47. The average molecular weight is 209 g/mol. The van der Waals surface area contributed by atoms with Gasteiger partial charge in [-0.2, -0.15) is 0 Å². The summed E-state index contributed by atoms with van der Waals surface area (Å²) in [5, 5.41) is 0. The van der Waals surface area contributed by atoms with Gasteiger partial charge in [-0.25, -0.2) is 23.8 Å². The molecule has 1 fully saturated rings. The standard InChI is InChI=1S/C7H9F2NO2S/c1-10-7(6(8)9)2-4-13(11,12)5-3-7/h6H,2-5H2. The van der Waals surface area contributed by atoms with Gasteiger partial charge in [-0.3, -0.25) is 0 Å². The van der Waals surface area contributed by atoms with Crippen molar-refractivity contribution in [1.82, 2.24) is 0 Å². The molecular formula is C7H9F2NO2S. The van der Waals surface area contributed by atoms with Gasteiger partial charge in [-0.1, -0.05) is 0 Å². The molecule has 0 saturated carbocycles. The van der Waals surface area contributed by atoms with Crippen LogP contribution in [-0.4, -0.2) is 31.9 Å². The maximum absolute atomic E-state index is 12.4. The minimum absolute atomic E-state index is 0.240. The van der Waals surface area contributed by atoms with Crippen LogP contribution in [-0.2, 0) is 9.84 Å². The maximum Gasteiger partial charge on any atom is 0.314 e. The van der Waals surface area contributed by atoms with E-state index in [1.807, 2.05) is 0 Å². The summed E-state index contributed by atoms with van der Waals surface area (Å²) in [6, 6.07) is 0. The molecule has 3 nitrogen and oxygen atoms in total. The smallest absolute Gasteiger partial charge is 0.304 e. The summed E-state index contributed by atoms with van der Waals surface area (Å²) in [5.74, 6) is -0.584. The zero-order chi connectivity index (χ0) is 10.1. The summed E-state index contributed by atoms with van der Waals surface area (Å²) in [7, 11) is -3.17. The van der Waals surface area contributed by atoms with Gasteiger partial charge in [0, 0.05) is 12.8 Å². The van der Waals surface area contributed by atoms with E-state index in [0.717, 1.165) is 0 Å². The van der Waals surface area contributed by atoms with Gasteiger partial charge in [0.25, 0.3) is 5.54 Å². The van der Waals surface area contributed by atoms with Gasteiger partial charge in [-0.15, -0.1) is 0 Å². The van der Waals surface area contributed by atoms with E-state index >= 15 is 0 Å². The summed E-state index contributed by atoms with van der Waals surface area (Å²) in [6.45, 7) is 6.66. The molecule has 0 bridgehead atoms. The monoisotopic (exact) mass is 209 g/mol. The third-order valence-corrected chi connectivity index (χ3v) is 3.97. The lowest BCUT2D eigenvalue weighted by Crippen LogP contribution is -2.42. The van der Waals surface area contributed by atoms with Gasteiger partial charge in [0.15, 0.2) is 9.84 Å². The summed E-state index contributed by atoms with van der Waals surface area (Å²) in [5.41, 5.74) is -1.74. The Morgan fingerprint density at radius 3 is 2.08 bits per heavy atom. The molecule has 0 aliphatic carbocycles. The van der Waals surface area contributed by atoms with E-state index in [0.29, 0.717) is 0 Å². The molecule has 0 N–H and O–H groups in total. The van der Waals surface area contributed by atoms with E-state index in [1.165, 1.54) is 0 Å². The molecule has 13 heavy (non-hydrogen) atoms. The predicted octanol–water partition coefficient (Wildman–Crippen LogP) is 1.12. The largest absolute Gasteiger partial charge is 0.314 e. The van der Waals surface area contributed by atoms with Crippen molar-refractivity contribution in [3.05, 3.63) is 11.4 Å². The van der Waals surface area contributed by atoms with Crippen molar-refractivity contribution in [2.75, 3.05) is 11.5 Å². The number of nitrogens with zero attached hydrogens (tertiary/aromatic N) is 1. The number of rotatable bonds is 1. The van der Waals surface area contributed by atoms with Crippen LogP contribution in [0.1, 0.15) is 12.8 Å². The molecule has 74 valence electrons. The Labute approximate surface area is 75.5 Å². The summed E-state index contributed by atoms with van der Waals surface area (Å²) in [4.78, 5) is 2.88. The SMILES string of the molecule is [C-]#[N+]C1(C(F)F)CCS(=O)(=O)CC1. The van der Waals surface area contributed by atoms with Crippen LogP contribution in [0, 0.1) is 6.57 Å². The highest BCUT2D eigenvalue weighted by Crippen LogP contribution is 2.33. The van der Waals surface area contributed by atoms with Gasteiger partial charge in [-0.05, 0) is 0 Å². The van der Waals surface area contributed by atoms with Crippen molar-refractivity contribution in [1.29, 1.82) is 0 Å². The van der Waals surface area contributed by atoms with E-state index in [9.17, 15) is 17.2 Å². The van der Waals surface area contributed by atoms with E-state index in [-0.39, 0.29) is 24.3 Å². The Bertz CT molecular complexity index is 317. The molecule has 6 heteroatoms. The van der Waals surface area contributed by atoms with Crippen LogP contribution in [0.15, 0.2) is 0 Å². The van der Waals surface area contributed by atoms with Crippen LogP contribution in [0.5, 0.6) is 0 Å².